The summed E-state index contributed by atoms with van der Waals surface area (Å²) in [4.78, 5) is 12.5. The summed E-state index contributed by atoms with van der Waals surface area (Å²) in [5.74, 6) is -0.133. The molecule has 156 valence electrons. The molecule has 1 amide bonds. The first-order valence-electron chi connectivity index (χ1n) is 9.78. The molecule has 3 N–H and O–H groups in total. The van der Waals surface area contributed by atoms with Crippen molar-refractivity contribution < 1.29 is 22.3 Å². The molecule has 0 unspecified atom stereocenters. The molecule has 0 fully saturated rings. The highest BCUT2D eigenvalue weighted by molar-refractivity contribution is 7.96. The standard InChI is InChI=1S/C26H22NO2P.ClH/c27-26(29)19-30(20-11-3-1-4-12-20,21-13-5-2-6-14-21)25-18-10-8-16-23(25)22-15-7-9-17-24(22)28;/h1-18H,19H2,(H2-,27,28,29);1H. The van der Waals surface area contributed by atoms with Gasteiger partial charge in [0.1, 0.15) is 28.9 Å². The van der Waals surface area contributed by atoms with Crippen molar-refractivity contribution in [3.63, 3.8) is 0 Å². The van der Waals surface area contributed by atoms with Gasteiger partial charge in [-0.15, -0.1) is 0 Å². The van der Waals surface area contributed by atoms with Crippen molar-refractivity contribution in [3.05, 3.63) is 109 Å². The largest absolute Gasteiger partial charge is 1.00 e. The average Bonchev–Trinajstić information content (AvgIpc) is 2.79. The first-order valence-corrected chi connectivity index (χ1v) is 11.8. The zero-order valence-electron chi connectivity index (χ0n) is 16.9. The van der Waals surface area contributed by atoms with Crippen LogP contribution in [0.15, 0.2) is 109 Å². The summed E-state index contributed by atoms with van der Waals surface area (Å²) in [6.45, 7) is 0. The summed E-state index contributed by atoms with van der Waals surface area (Å²) < 4.78 is 0. The highest BCUT2D eigenvalue weighted by Gasteiger charge is 2.48. The van der Waals surface area contributed by atoms with Gasteiger partial charge in [-0.2, -0.15) is 0 Å². The fourth-order valence-corrected chi connectivity index (χ4v) is 8.20. The third-order valence-electron chi connectivity index (χ3n) is 5.30. The smallest absolute Gasteiger partial charge is 0.256 e. The predicted molar refractivity (Wildman–Crippen MR) is 126 cm³/mol. The first-order chi connectivity index (χ1) is 14.6. The van der Waals surface area contributed by atoms with Gasteiger partial charge >= 0.3 is 0 Å². The van der Waals surface area contributed by atoms with E-state index in [2.05, 4.69) is 30.3 Å². The van der Waals surface area contributed by atoms with Crippen LogP contribution in [0.1, 0.15) is 0 Å². The normalized spacial score (nSPS) is 10.8. The molecule has 31 heavy (non-hydrogen) atoms. The Labute approximate surface area is 189 Å². The van der Waals surface area contributed by atoms with Gasteiger partial charge in [0, 0.05) is 11.1 Å². The quantitative estimate of drug-likeness (QED) is 0.430. The van der Waals surface area contributed by atoms with Crippen LogP contribution in [0, 0.1) is 0 Å². The average molecular weight is 448 g/mol. The number of phenols is 1. The second-order valence-corrected chi connectivity index (χ2v) is 10.6. The molecule has 0 aliphatic carbocycles. The number of carbonyl (C=O) groups is 1. The highest BCUT2D eigenvalue weighted by Crippen LogP contribution is 2.57. The van der Waals surface area contributed by atoms with Crippen LogP contribution in [0.5, 0.6) is 5.75 Å². The lowest BCUT2D eigenvalue weighted by atomic mass is 10.0. The van der Waals surface area contributed by atoms with Gasteiger partial charge in [-0.25, -0.2) is 0 Å². The summed E-state index contributed by atoms with van der Waals surface area (Å²) in [5.41, 5.74) is 7.51. The monoisotopic (exact) mass is 447 g/mol. The van der Waals surface area contributed by atoms with Crippen molar-refractivity contribution >= 4 is 29.1 Å². The van der Waals surface area contributed by atoms with E-state index in [1.807, 2.05) is 72.8 Å². The molecule has 0 radical (unpaired) electrons. The SMILES string of the molecule is NC(=O)C[P+](c1ccccc1)(c1ccccc1)c1ccccc1-c1ccccc1O.[Cl-]. The van der Waals surface area contributed by atoms with Crippen molar-refractivity contribution in [2.45, 2.75) is 0 Å². The molecule has 4 aromatic rings. The van der Waals surface area contributed by atoms with Crippen LogP contribution in [0.25, 0.3) is 11.1 Å². The molecule has 5 heteroatoms. The van der Waals surface area contributed by atoms with Gasteiger partial charge in [0.05, 0.1) is 0 Å². The maximum Gasteiger partial charge on any atom is 0.256 e. The van der Waals surface area contributed by atoms with Crippen LogP contribution in [0.4, 0.5) is 0 Å². The Bertz CT molecular complexity index is 1130. The van der Waals surface area contributed by atoms with Crippen molar-refractivity contribution in [1.29, 1.82) is 0 Å². The van der Waals surface area contributed by atoms with E-state index in [-0.39, 0.29) is 30.2 Å². The van der Waals surface area contributed by atoms with Gasteiger partial charge in [-0.3, -0.25) is 4.79 Å². The number of primary amides is 1. The molecule has 0 aliphatic rings. The van der Waals surface area contributed by atoms with Crippen LogP contribution < -0.4 is 34.1 Å². The lowest BCUT2D eigenvalue weighted by Gasteiger charge is -2.28. The van der Waals surface area contributed by atoms with E-state index in [0.29, 0.717) is 0 Å². The third-order valence-corrected chi connectivity index (χ3v) is 9.65. The van der Waals surface area contributed by atoms with E-state index in [0.717, 1.165) is 27.0 Å². The molecule has 0 aliphatic heterocycles. The van der Waals surface area contributed by atoms with E-state index < -0.39 is 7.26 Å². The minimum absolute atomic E-state index is 0. The van der Waals surface area contributed by atoms with E-state index in [4.69, 9.17) is 5.73 Å². The molecule has 0 atom stereocenters. The fraction of sp³-hybridized carbons (Fsp3) is 0.0385. The molecule has 4 aromatic carbocycles. The van der Waals surface area contributed by atoms with Gasteiger partial charge in [-0.1, -0.05) is 72.8 Å². The third kappa shape index (κ3) is 4.34. The number of aromatic hydroxyl groups is 1. The summed E-state index contributed by atoms with van der Waals surface area (Å²) in [7, 11) is -2.42. The number of rotatable bonds is 6. The fourth-order valence-electron chi connectivity index (χ4n) is 4.03. The zero-order valence-corrected chi connectivity index (χ0v) is 18.5. The molecule has 3 nitrogen and oxygen atoms in total. The minimum Gasteiger partial charge on any atom is -1.00 e. The summed E-state index contributed by atoms with van der Waals surface area (Å²) in [5, 5.41) is 13.8. The number of phenolic OH excluding ortho intramolecular Hbond substituents is 1. The Balaban J connectivity index is 0.00000272. The number of benzene rings is 4. The Hall–Kier alpha value is -3.13. The van der Waals surface area contributed by atoms with E-state index >= 15 is 0 Å². The first kappa shape index (κ1) is 22.6. The van der Waals surface area contributed by atoms with Crippen LogP contribution >= 0.6 is 7.26 Å². The maximum absolute atomic E-state index is 12.5. The van der Waals surface area contributed by atoms with Gasteiger partial charge in [0.15, 0.2) is 6.16 Å². The van der Waals surface area contributed by atoms with Crippen molar-refractivity contribution in [3.8, 4) is 16.9 Å². The number of nitrogens with two attached hydrogens (primary N) is 1. The lowest BCUT2D eigenvalue weighted by Crippen LogP contribution is -3.00. The molecule has 0 heterocycles. The Morgan fingerprint density at radius 3 is 1.65 bits per heavy atom. The summed E-state index contributed by atoms with van der Waals surface area (Å²) in [6, 6.07) is 35.6. The molecule has 0 saturated heterocycles. The molecule has 0 bridgehead atoms. The Kier molecular flexibility index (Phi) is 7.12. The number of hydrogen-bond acceptors (Lipinski definition) is 2. The summed E-state index contributed by atoms with van der Waals surface area (Å²) >= 11 is 0. The Morgan fingerprint density at radius 1 is 0.677 bits per heavy atom. The van der Waals surface area contributed by atoms with Gasteiger partial charge in [0.2, 0.25) is 0 Å². The minimum atomic E-state index is -2.42. The molecular formula is C26H23ClNO2P. The van der Waals surface area contributed by atoms with Crippen LogP contribution in [0.3, 0.4) is 0 Å². The molecule has 0 spiro atoms. The lowest BCUT2D eigenvalue weighted by molar-refractivity contribution is -0.115. The van der Waals surface area contributed by atoms with Gasteiger partial charge in [-0.05, 0) is 36.4 Å². The molecule has 0 aromatic heterocycles. The van der Waals surface area contributed by atoms with E-state index in [1.54, 1.807) is 6.07 Å². The topological polar surface area (TPSA) is 63.3 Å². The number of amides is 1. The molecule has 0 saturated carbocycles. The van der Waals surface area contributed by atoms with Crippen LogP contribution in [-0.2, 0) is 4.79 Å². The van der Waals surface area contributed by atoms with Crippen molar-refractivity contribution in [2.75, 3.05) is 6.16 Å². The maximum atomic E-state index is 12.5. The second-order valence-electron chi connectivity index (χ2n) is 7.14. The van der Waals surface area contributed by atoms with Gasteiger partial charge < -0.3 is 23.2 Å². The molecule has 4 rings (SSSR count). The van der Waals surface area contributed by atoms with Gasteiger partial charge in [0.25, 0.3) is 5.91 Å². The van der Waals surface area contributed by atoms with Crippen molar-refractivity contribution in [1.82, 2.24) is 0 Å². The zero-order chi connectivity index (χ0) is 21.0. The van der Waals surface area contributed by atoms with Crippen LogP contribution in [0.2, 0.25) is 0 Å². The summed E-state index contributed by atoms with van der Waals surface area (Å²) in [6.07, 6.45) is 0.214. The predicted octanol–water partition coefficient (Wildman–Crippen LogP) is 0.842. The van der Waals surface area contributed by atoms with Crippen molar-refractivity contribution in [2.24, 2.45) is 5.73 Å². The number of para-hydroxylation sites is 1. The van der Waals surface area contributed by atoms with E-state index in [1.165, 1.54) is 0 Å². The van der Waals surface area contributed by atoms with E-state index in [9.17, 15) is 9.90 Å². The number of carbonyl (C=O) groups excluding carboxylic acids is 1. The van der Waals surface area contributed by atoms with Crippen LogP contribution in [-0.4, -0.2) is 17.2 Å². The number of halogens is 1. The highest BCUT2D eigenvalue weighted by atomic mass is 35.5. The number of hydrogen-bond donors (Lipinski definition) is 2. The Morgan fingerprint density at radius 2 is 1.13 bits per heavy atom. The molecular weight excluding hydrogens is 425 g/mol. The second kappa shape index (κ2) is 9.78.